The summed E-state index contributed by atoms with van der Waals surface area (Å²) < 4.78 is 0. The Morgan fingerprint density at radius 3 is 1.71 bits per heavy atom. The zero-order valence-electron chi connectivity index (χ0n) is 10.6. The summed E-state index contributed by atoms with van der Waals surface area (Å²) in [7, 11) is 0. The summed E-state index contributed by atoms with van der Waals surface area (Å²) >= 11 is 5.95. The molecule has 0 heterocycles. The van der Waals surface area contributed by atoms with Crippen LogP contribution in [0.4, 0.5) is 0 Å². The molecular weight excluding hydrogens is 308 g/mol. The van der Waals surface area contributed by atoms with E-state index in [9.17, 15) is 24.3 Å². The molecular formula is C12H13ClO8. The highest BCUT2D eigenvalue weighted by atomic mass is 35.5. The van der Waals surface area contributed by atoms with Crippen molar-refractivity contribution in [1.82, 2.24) is 0 Å². The number of aliphatic carboxylic acids is 4. The summed E-state index contributed by atoms with van der Waals surface area (Å²) in [6, 6.07) is 0. The van der Waals surface area contributed by atoms with E-state index in [2.05, 4.69) is 0 Å². The van der Waals surface area contributed by atoms with Gasteiger partial charge in [-0.25, -0.2) is 0 Å². The topological polar surface area (TPSA) is 149 Å². The van der Waals surface area contributed by atoms with E-state index in [0.29, 0.717) is 0 Å². The molecule has 0 amide bonds. The van der Waals surface area contributed by atoms with Gasteiger partial charge in [-0.2, -0.15) is 0 Å². The maximum absolute atomic E-state index is 11.3. The van der Waals surface area contributed by atoms with Crippen LogP contribution in [0.5, 0.6) is 0 Å². The molecule has 2 fully saturated rings. The smallest absolute Gasteiger partial charge is 0.325 e. The van der Waals surface area contributed by atoms with E-state index >= 15 is 0 Å². The molecule has 4 N–H and O–H groups in total. The first kappa shape index (κ1) is 15.6. The van der Waals surface area contributed by atoms with Gasteiger partial charge in [0.2, 0.25) is 0 Å². The average Bonchev–Trinajstić information content (AvgIpc) is 2.35. The molecule has 6 unspecified atom stereocenters. The SMILES string of the molecule is O=C(O)C1CC2C(CC1C(=O)O)C(Cl)(C(=O)O)C2C(=O)O. The lowest BCUT2D eigenvalue weighted by Crippen LogP contribution is -2.68. The number of rotatable bonds is 4. The highest BCUT2D eigenvalue weighted by Crippen LogP contribution is 2.61. The van der Waals surface area contributed by atoms with Crippen molar-refractivity contribution in [1.29, 1.82) is 0 Å². The van der Waals surface area contributed by atoms with Crippen LogP contribution in [0.25, 0.3) is 0 Å². The Morgan fingerprint density at radius 2 is 1.33 bits per heavy atom. The van der Waals surface area contributed by atoms with Crippen molar-refractivity contribution < 1.29 is 39.6 Å². The second kappa shape index (κ2) is 4.87. The van der Waals surface area contributed by atoms with E-state index in [1.165, 1.54) is 0 Å². The van der Waals surface area contributed by atoms with Crippen molar-refractivity contribution in [2.45, 2.75) is 17.7 Å². The molecule has 0 bridgehead atoms. The number of carboxylic acids is 4. The zero-order valence-corrected chi connectivity index (χ0v) is 11.4. The largest absolute Gasteiger partial charge is 0.481 e. The third kappa shape index (κ3) is 2.05. The van der Waals surface area contributed by atoms with E-state index in [-0.39, 0.29) is 12.8 Å². The zero-order chi connectivity index (χ0) is 16.1. The number of hydrogen-bond acceptors (Lipinski definition) is 4. The number of carboxylic acid groups (broad SMARTS) is 4. The van der Waals surface area contributed by atoms with E-state index < -0.39 is 58.3 Å². The highest BCUT2D eigenvalue weighted by molar-refractivity contribution is 6.36. The number of carbonyl (C=O) groups is 4. The summed E-state index contributed by atoms with van der Waals surface area (Å²) in [5, 5.41) is 36.5. The highest BCUT2D eigenvalue weighted by Gasteiger charge is 2.71. The number of halogens is 1. The molecule has 0 spiro atoms. The Hall–Kier alpha value is -1.83. The van der Waals surface area contributed by atoms with Gasteiger partial charge in [0, 0.05) is 0 Å². The third-order valence-electron chi connectivity index (χ3n) is 4.69. The molecule has 0 saturated heterocycles. The predicted molar refractivity (Wildman–Crippen MR) is 65.8 cm³/mol. The Labute approximate surface area is 123 Å². The van der Waals surface area contributed by atoms with Gasteiger partial charge >= 0.3 is 23.9 Å². The first-order chi connectivity index (χ1) is 9.62. The van der Waals surface area contributed by atoms with E-state index in [1.807, 2.05) is 0 Å². The molecule has 2 aliphatic rings. The molecule has 0 aromatic rings. The van der Waals surface area contributed by atoms with Crippen molar-refractivity contribution >= 4 is 35.5 Å². The molecule has 2 aliphatic carbocycles. The fourth-order valence-corrected chi connectivity index (χ4v) is 4.22. The van der Waals surface area contributed by atoms with E-state index in [1.54, 1.807) is 0 Å². The van der Waals surface area contributed by atoms with Crippen LogP contribution >= 0.6 is 11.6 Å². The van der Waals surface area contributed by atoms with Gasteiger partial charge in [-0.1, -0.05) is 0 Å². The maximum Gasteiger partial charge on any atom is 0.325 e. The second-order valence-electron chi connectivity index (χ2n) is 5.52. The minimum atomic E-state index is -2.08. The van der Waals surface area contributed by atoms with Crippen LogP contribution in [-0.4, -0.2) is 49.2 Å². The van der Waals surface area contributed by atoms with Crippen molar-refractivity contribution in [3.63, 3.8) is 0 Å². The van der Waals surface area contributed by atoms with Gasteiger partial charge in [-0.15, -0.1) is 11.6 Å². The van der Waals surface area contributed by atoms with Crippen LogP contribution in [-0.2, 0) is 19.2 Å². The Balaban J connectivity index is 2.37. The van der Waals surface area contributed by atoms with Crippen LogP contribution in [0.2, 0.25) is 0 Å². The van der Waals surface area contributed by atoms with Crippen molar-refractivity contribution in [2.75, 3.05) is 0 Å². The van der Waals surface area contributed by atoms with Crippen molar-refractivity contribution in [2.24, 2.45) is 29.6 Å². The summed E-state index contributed by atoms with van der Waals surface area (Å²) in [4.78, 5) is 42.8. The predicted octanol–water partition coefficient (Wildman–Crippen LogP) is 0.191. The molecule has 0 aromatic heterocycles. The van der Waals surface area contributed by atoms with E-state index in [4.69, 9.17) is 26.9 Å². The second-order valence-corrected chi connectivity index (χ2v) is 6.15. The lowest BCUT2D eigenvalue weighted by molar-refractivity contribution is -0.183. The monoisotopic (exact) mass is 320 g/mol. The summed E-state index contributed by atoms with van der Waals surface area (Å²) in [5.74, 6) is -11.1. The molecule has 2 rings (SSSR count). The molecule has 21 heavy (non-hydrogen) atoms. The quantitative estimate of drug-likeness (QED) is 0.536. The summed E-state index contributed by atoms with van der Waals surface area (Å²) in [6.45, 7) is 0. The van der Waals surface area contributed by atoms with Crippen molar-refractivity contribution in [3.05, 3.63) is 0 Å². The van der Waals surface area contributed by atoms with Gasteiger partial charge in [0.15, 0.2) is 4.87 Å². The van der Waals surface area contributed by atoms with Gasteiger partial charge < -0.3 is 20.4 Å². The summed E-state index contributed by atoms with van der Waals surface area (Å²) in [6.07, 6.45) is -0.452. The molecule has 0 radical (unpaired) electrons. The van der Waals surface area contributed by atoms with Crippen LogP contribution in [0, 0.1) is 29.6 Å². The molecule has 0 aliphatic heterocycles. The van der Waals surface area contributed by atoms with E-state index in [0.717, 1.165) is 0 Å². The molecule has 6 atom stereocenters. The first-order valence-corrected chi connectivity index (χ1v) is 6.60. The number of fused-ring (bicyclic) bond motifs is 1. The minimum absolute atomic E-state index is 0.199. The number of alkyl halides is 1. The molecule has 0 aromatic carbocycles. The molecule has 116 valence electrons. The van der Waals surface area contributed by atoms with Crippen LogP contribution in [0.15, 0.2) is 0 Å². The molecule has 8 nitrogen and oxygen atoms in total. The minimum Gasteiger partial charge on any atom is -0.481 e. The van der Waals surface area contributed by atoms with Gasteiger partial charge in [-0.05, 0) is 24.7 Å². The van der Waals surface area contributed by atoms with Gasteiger partial charge in [0.25, 0.3) is 0 Å². The summed E-state index contributed by atoms with van der Waals surface area (Å²) in [5.41, 5.74) is 0. The Kier molecular flexibility index (Phi) is 3.61. The van der Waals surface area contributed by atoms with Crippen LogP contribution < -0.4 is 0 Å². The lowest BCUT2D eigenvalue weighted by Gasteiger charge is -2.57. The Bertz CT molecular complexity index is 531. The van der Waals surface area contributed by atoms with Gasteiger partial charge in [0.05, 0.1) is 17.8 Å². The standard InChI is InChI=1S/C12H13ClO8/c13-12(11(20)21)6-2-4(9(16)17)3(8(14)15)1-5(6)7(12)10(18)19/h3-7H,1-2H2,(H,14,15)(H,16,17)(H,18,19)(H,20,21). The van der Waals surface area contributed by atoms with Gasteiger partial charge in [-0.3, -0.25) is 19.2 Å². The lowest BCUT2D eigenvalue weighted by atomic mass is 9.48. The molecule has 2 saturated carbocycles. The van der Waals surface area contributed by atoms with Gasteiger partial charge in [0.1, 0.15) is 0 Å². The average molecular weight is 321 g/mol. The fourth-order valence-electron chi connectivity index (χ4n) is 3.71. The normalized spacial score (nSPS) is 41.5. The maximum atomic E-state index is 11.3. The fraction of sp³-hybridized carbons (Fsp3) is 0.667. The Morgan fingerprint density at radius 1 is 0.857 bits per heavy atom. The molecule has 9 heteroatoms. The van der Waals surface area contributed by atoms with Crippen molar-refractivity contribution in [3.8, 4) is 0 Å². The third-order valence-corrected chi connectivity index (χ3v) is 5.36. The first-order valence-electron chi connectivity index (χ1n) is 6.23. The van der Waals surface area contributed by atoms with Crippen LogP contribution in [0.1, 0.15) is 12.8 Å². The van der Waals surface area contributed by atoms with Crippen LogP contribution in [0.3, 0.4) is 0 Å². The number of hydrogen-bond donors (Lipinski definition) is 4.